The lowest BCUT2D eigenvalue weighted by Crippen LogP contribution is -2.26. The first-order chi connectivity index (χ1) is 14.5. The molecule has 6 nitrogen and oxygen atoms in total. The molecule has 0 saturated heterocycles. The number of nitrogens with zero attached hydrogens (tertiary/aromatic N) is 1. The Kier molecular flexibility index (Phi) is 5.63. The summed E-state index contributed by atoms with van der Waals surface area (Å²) in [5.41, 5.74) is 2.01. The molecule has 1 heterocycles. The van der Waals surface area contributed by atoms with Crippen molar-refractivity contribution in [3.63, 3.8) is 0 Å². The van der Waals surface area contributed by atoms with Crippen LogP contribution in [0.2, 0.25) is 0 Å². The summed E-state index contributed by atoms with van der Waals surface area (Å²) in [4.78, 5) is 28.6. The van der Waals surface area contributed by atoms with Crippen molar-refractivity contribution < 1.29 is 19.1 Å². The lowest BCUT2D eigenvalue weighted by molar-refractivity contribution is -0.118. The molecule has 30 heavy (non-hydrogen) atoms. The fraction of sp³-hybridized carbons (Fsp3) is 0.130. The van der Waals surface area contributed by atoms with Crippen LogP contribution < -0.4 is 19.7 Å². The Morgan fingerprint density at radius 3 is 2.50 bits per heavy atom. The topological polar surface area (TPSA) is 67.9 Å². The third kappa shape index (κ3) is 4.11. The lowest BCUT2D eigenvalue weighted by atomic mass is 10.2. The highest BCUT2D eigenvalue weighted by atomic mass is 32.2. The molecule has 0 unspecified atom stereocenters. The van der Waals surface area contributed by atoms with E-state index in [1.807, 2.05) is 36.4 Å². The minimum Gasteiger partial charge on any atom is -0.497 e. The van der Waals surface area contributed by atoms with Crippen molar-refractivity contribution in [2.24, 2.45) is 0 Å². The molecule has 152 valence electrons. The van der Waals surface area contributed by atoms with Gasteiger partial charge < -0.3 is 19.7 Å². The lowest BCUT2D eigenvalue weighted by Gasteiger charge is -2.18. The number of anilines is 2. The van der Waals surface area contributed by atoms with Crippen LogP contribution in [0.25, 0.3) is 0 Å². The SMILES string of the molecule is COc1ccc(OCC(=O)Nc2ccc3c(c2)N(C)C(=O)c2ccccc2S3)cc1. The molecule has 3 aromatic carbocycles. The summed E-state index contributed by atoms with van der Waals surface area (Å²) in [6.45, 7) is -0.127. The molecular formula is C23H20N2O4S. The van der Waals surface area contributed by atoms with Crippen LogP contribution in [0.1, 0.15) is 10.4 Å². The van der Waals surface area contributed by atoms with Gasteiger partial charge in [0.1, 0.15) is 11.5 Å². The maximum Gasteiger partial charge on any atom is 0.262 e. The first kappa shape index (κ1) is 19.8. The van der Waals surface area contributed by atoms with Crippen LogP contribution in [-0.4, -0.2) is 32.6 Å². The molecule has 2 amide bonds. The summed E-state index contributed by atoms with van der Waals surface area (Å²) in [6.07, 6.45) is 0. The van der Waals surface area contributed by atoms with E-state index in [9.17, 15) is 9.59 Å². The quantitative estimate of drug-likeness (QED) is 0.660. The summed E-state index contributed by atoms with van der Waals surface area (Å²) >= 11 is 1.54. The monoisotopic (exact) mass is 420 g/mol. The number of methoxy groups -OCH3 is 1. The van der Waals surface area contributed by atoms with E-state index in [2.05, 4.69) is 5.32 Å². The average Bonchev–Trinajstić information content (AvgIpc) is 2.88. The number of hydrogen-bond acceptors (Lipinski definition) is 5. The summed E-state index contributed by atoms with van der Waals surface area (Å²) in [6, 6.07) is 20.1. The van der Waals surface area contributed by atoms with Crippen molar-refractivity contribution in [2.75, 3.05) is 31.0 Å². The maximum atomic E-state index is 12.8. The van der Waals surface area contributed by atoms with E-state index < -0.39 is 0 Å². The smallest absolute Gasteiger partial charge is 0.262 e. The Bertz CT molecular complexity index is 1100. The van der Waals surface area contributed by atoms with Gasteiger partial charge in [-0.15, -0.1) is 0 Å². The molecule has 0 aromatic heterocycles. The van der Waals surface area contributed by atoms with Crippen LogP contribution in [0.4, 0.5) is 11.4 Å². The Labute approximate surface area is 178 Å². The molecule has 0 bridgehead atoms. The minimum absolute atomic E-state index is 0.0804. The van der Waals surface area contributed by atoms with Gasteiger partial charge in [0, 0.05) is 22.5 Å². The third-order valence-corrected chi connectivity index (χ3v) is 5.82. The fourth-order valence-corrected chi connectivity index (χ4v) is 4.19. The molecule has 3 aromatic rings. The van der Waals surface area contributed by atoms with Gasteiger partial charge in [0.25, 0.3) is 11.8 Å². The number of rotatable bonds is 5. The second kappa shape index (κ2) is 8.51. The van der Waals surface area contributed by atoms with E-state index in [0.29, 0.717) is 17.0 Å². The summed E-state index contributed by atoms with van der Waals surface area (Å²) in [7, 11) is 3.33. The molecule has 1 aliphatic heterocycles. The fourth-order valence-electron chi connectivity index (χ4n) is 3.10. The second-order valence-electron chi connectivity index (χ2n) is 6.66. The molecule has 1 N–H and O–H groups in total. The van der Waals surface area contributed by atoms with Crippen LogP contribution in [0.15, 0.2) is 76.5 Å². The van der Waals surface area contributed by atoms with E-state index >= 15 is 0 Å². The summed E-state index contributed by atoms with van der Waals surface area (Å²) in [5, 5.41) is 2.83. The molecule has 0 saturated carbocycles. The standard InChI is InChI=1S/C23H20N2O4S/c1-25-19-13-15(24-22(26)14-29-17-10-8-16(28-2)9-11-17)7-12-21(19)30-20-6-4-3-5-18(20)23(25)27/h3-13H,14H2,1-2H3,(H,24,26). The molecule has 0 radical (unpaired) electrons. The zero-order chi connectivity index (χ0) is 21.1. The highest BCUT2D eigenvalue weighted by Crippen LogP contribution is 2.41. The molecule has 4 rings (SSSR count). The average molecular weight is 420 g/mol. The first-order valence-corrected chi connectivity index (χ1v) is 10.1. The van der Waals surface area contributed by atoms with Gasteiger partial charge in [-0.05, 0) is 54.6 Å². The van der Waals surface area contributed by atoms with Gasteiger partial charge >= 0.3 is 0 Å². The van der Waals surface area contributed by atoms with Gasteiger partial charge in [0.05, 0.1) is 18.4 Å². The molecule has 0 spiro atoms. The van der Waals surface area contributed by atoms with Crippen LogP contribution in [-0.2, 0) is 4.79 Å². The minimum atomic E-state index is -0.288. The van der Waals surface area contributed by atoms with Gasteiger partial charge in [-0.3, -0.25) is 9.59 Å². The molecule has 0 fully saturated rings. The van der Waals surface area contributed by atoms with Crippen molar-refractivity contribution in [3.05, 3.63) is 72.3 Å². The number of carbonyl (C=O) groups is 2. The van der Waals surface area contributed by atoms with E-state index in [-0.39, 0.29) is 18.4 Å². The predicted molar refractivity (Wildman–Crippen MR) is 117 cm³/mol. The third-order valence-electron chi connectivity index (χ3n) is 4.68. The molecule has 7 heteroatoms. The second-order valence-corrected chi connectivity index (χ2v) is 7.74. The largest absolute Gasteiger partial charge is 0.497 e. The van der Waals surface area contributed by atoms with Gasteiger partial charge in [-0.25, -0.2) is 0 Å². The van der Waals surface area contributed by atoms with E-state index in [0.717, 1.165) is 21.2 Å². The van der Waals surface area contributed by atoms with Crippen molar-refractivity contribution in [3.8, 4) is 11.5 Å². The Morgan fingerprint density at radius 2 is 1.73 bits per heavy atom. The number of benzene rings is 3. The number of fused-ring (bicyclic) bond motifs is 2. The van der Waals surface area contributed by atoms with Crippen LogP contribution >= 0.6 is 11.8 Å². The molecule has 0 atom stereocenters. The first-order valence-electron chi connectivity index (χ1n) is 9.31. The normalized spacial score (nSPS) is 12.5. The number of nitrogens with one attached hydrogen (secondary N) is 1. The van der Waals surface area contributed by atoms with Crippen LogP contribution in [0.3, 0.4) is 0 Å². The molecule has 0 aliphatic carbocycles. The van der Waals surface area contributed by atoms with Crippen LogP contribution in [0.5, 0.6) is 11.5 Å². The van der Waals surface area contributed by atoms with Crippen molar-refractivity contribution in [2.45, 2.75) is 9.79 Å². The Balaban J connectivity index is 1.46. The summed E-state index contributed by atoms with van der Waals surface area (Å²) in [5.74, 6) is 0.926. The van der Waals surface area contributed by atoms with Gasteiger partial charge in [-0.1, -0.05) is 23.9 Å². The van der Waals surface area contributed by atoms with Crippen molar-refractivity contribution in [1.82, 2.24) is 0 Å². The zero-order valence-corrected chi connectivity index (χ0v) is 17.4. The molecular weight excluding hydrogens is 400 g/mol. The van der Waals surface area contributed by atoms with Gasteiger partial charge in [0.15, 0.2) is 6.61 Å². The van der Waals surface area contributed by atoms with E-state index in [4.69, 9.17) is 9.47 Å². The number of carbonyl (C=O) groups excluding carboxylic acids is 2. The van der Waals surface area contributed by atoms with E-state index in [1.54, 1.807) is 49.4 Å². The van der Waals surface area contributed by atoms with E-state index in [1.165, 1.54) is 11.8 Å². The summed E-state index contributed by atoms with van der Waals surface area (Å²) < 4.78 is 10.6. The number of hydrogen-bond donors (Lipinski definition) is 1. The Hall–Kier alpha value is -3.45. The number of amides is 2. The van der Waals surface area contributed by atoms with Gasteiger partial charge in [0.2, 0.25) is 0 Å². The zero-order valence-electron chi connectivity index (χ0n) is 16.5. The van der Waals surface area contributed by atoms with Crippen molar-refractivity contribution >= 4 is 35.0 Å². The Morgan fingerprint density at radius 1 is 1.00 bits per heavy atom. The number of ether oxygens (including phenoxy) is 2. The maximum absolute atomic E-state index is 12.8. The van der Waals surface area contributed by atoms with Crippen molar-refractivity contribution in [1.29, 1.82) is 0 Å². The predicted octanol–water partition coefficient (Wildman–Crippen LogP) is 4.45. The highest BCUT2D eigenvalue weighted by Gasteiger charge is 2.24. The van der Waals surface area contributed by atoms with Crippen LogP contribution in [0, 0.1) is 0 Å². The molecule has 1 aliphatic rings. The highest BCUT2D eigenvalue weighted by molar-refractivity contribution is 7.99. The van der Waals surface area contributed by atoms with Gasteiger partial charge in [-0.2, -0.15) is 0 Å².